The molecule has 0 unspecified atom stereocenters. The van der Waals surface area contributed by atoms with Crippen LogP contribution < -0.4 is 0 Å². The normalized spacial score (nSPS) is 10.8. The number of aromatic nitrogens is 2. The molecular formula is C16H13FN2O2. The fourth-order valence-corrected chi connectivity index (χ4v) is 2.04. The van der Waals surface area contributed by atoms with Gasteiger partial charge in [0.1, 0.15) is 11.6 Å². The van der Waals surface area contributed by atoms with E-state index in [1.165, 1.54) is 12.1 Å². The first kappa shape index (κ1) is 13.3. The third kappa shape index (κ3) is 2.91. The summed E-state index contributed by atoms with van der Waals surface area (Å²) in [7, 11) is 0. The van der Waals surface area contributed by atoms with Crippen LogP contribution in [0.3, 0.4) is 0 Å². The van der Waals surface area contributed by atoms with Gasteiger partial charge >= 0.3 is 0 Å². The summed E-state index contributed by atoms with van der Waals surface area (Å²) in [5.74, 6) is 0.574. The summed E-state index contributed by atoms with van der Waals surface area (Å²) in [4.78, 5) is 4.26. The lowest BCUT2D eigenvalue weighted by atomic mass is 10.1. The van der Waals surface area contributed by atoms with Gasteiger partial charge in [-0.15, -0.1) is 0 Å². The molecule has 0 saturated heterocycles. The maximum Gasteiger partial charge on any atom is 0.261 e. The fraction of sp³-hybridized carbons (Fsp3) is 0.125. The Morgan fingerprint density at radius 1 is 1.14 bits per heavy atom. The van der Waals surface area contributed by atoms with E-state index < -0.39 is 0 Å². The summed E-state index contributed by atoms with van der Waals surface area (Å²) >= 11 is 0. The minimum atomic E-state index is -0.280. The molecule has 1 aromatic heterocycles. The quantitative estimate of drug-likeness (QED) is 0.800. The van der Waals surface area contributed by atoms with Gasteiger partial charge in [0, 0.05) is 6.42 Å². The van der Waals surface area contributed by atoms with Gasteiger partial charge in [-0.05, 0) is 42.3 Å². The van der Waals surface area contributed by atoms with E-state index in [1.54, 1.807) is 24.3 Å². The van der Waals surface area contributed by atoms with Crippen LogP contribution >= 0.6 is 0 Å². The van der Waals surface area contributed by atoms with Crippen molar-refractivity contribution >= 4 is 0 Å². The molecule has 0 aliphatic rings. The minimum Gasteiger partial charge on any atom is -0.507 e. The number of benzene rings is 2. The molecule has 0 fully saturated rings. The van der Waals surface area contributed by atoms with Crippen LogP contribution in [0.1, 0.15) is 17.0 Å². The minimum absolute atomic E-state index is 0.104. The lowest BCUT2D eigenvalue weighted by Crippen LogP contribution is -1.91. The van der Waals surface area contributed by atoms with Gasteiger partial charge in [-0.3, -0.25) is 0 Å². The average Bonchev–Trinajstić information content (AvgIpc) is 2.90. The van der Waals surface area contributed by atoms with Gasteiger partial charge in [0.05, 0.1) is 5.56 Å². The van der Waals surface area contributed by atoms with Gasteiger partial charge in [0.2, 0.25) is 0 Å². The monoisotopic (exact) mass is 284 g/mol. The Bertz CT molecular complexity index is 766. The third-order valence-electron chi connectivity index (χ3n) is 3.13. The van der Waals surface area contributed by atoms with Crippen molar-refractivity contribution in [3.63, 3.8) is 0 Å². The van der Waals surface area contributed by atoms with Crippen LogP contribution in [0.25, 0.3) is 11.5 Å². The van der Waals surface area contributed by atoms with Crippen LogP contribution in [0.5, 0.6) is 5.75 Å². The van der Waals surface area contributed by atoms with Crippen molar-refractivity contribution in [2.45, 2.75) is 13.3 Å². The number of hydrogen-bond donors (Lipinski definition) is 1. The van der Waals surface area contributed by atoms with Crippen LogP contribution in [0, 0.1) is 12.7 Å². The molecule has 0 radical (unpaired) electrons. The largest absolute Gasteiger partial charge is 0.507 e. The fourth-order valence-electron chi connectivity index (χ4n) is 2.04. The highest BCUT2D eigenvalue weighted by Crippen LogP contribution is 2.28. The van der Waals surface area contributed by atoms with Gasteiger partial charge in [-0.25, -0.2) is 4.39 Å². The second-order valence-electron chi connectivity index (χ2n) is 4.84. The Morgan fingerprint density at radius 3 is 2.62 bits per heavy atom. The standard InChI is InChI=1S/C16H13FN2O2/c1-10-2-7-13(14(20)8-10)16-18-15(19-21-16)9-11-3-5-12(17)6-4-11/h2-8,20H,9H2,1H3. The van der Waals surface area contributed by atoms with Crippen molar-refractivity contribution in [1.29, 1.82) is 0 Å². The van der Waals surface area contributed by atoms with Gasteiger partial charge in [0.25, 0.3) is 5.89 Å². The lowest BCUT2D eigenvalue weighted by molar-refractivity contribution is 0.418. The van der Waals surface area contributed by atoms with Crippen molar-refractivity contribution in [3.8, 4) is 17.2 Å². The summed E-state index contributed by atoms with van der Waals surface area (Å²) in [6, 6.07) is 11.4. The highest BCUT2D eigenvalue weighted by atomic mass is 19.1. The van der Waals surface area contributed by atoms with Crippen LogP contribution in [0.15, 0.2) is 47.0 Å². The van der Waals surface area contributed by atoms with Crippen LogP contribution in [-0.2, 0) is 6.42 Å². The first-order chi connectivity index (χ1) is 10.1. The highest BCUT2D eigenvalue weighted by molar-refractivity contribution is 5.62. The van der Waals surface area contributed by atoms with Crippen molar-refractivity contribution in [1.82, 2.24) is 10.1 Å². The lowest BCUT2D eigenvalue weighted by Gasteiger charge is -1.99. The predicted molar refractivity (Wildman–Crippen MR) is 75.3 cm³/mol. The molecule has 21 heavy (non-hydrogen) atoms. The first-order valence-electron chi connectivity index (χ1n) is 6.49. The summed E-state index contributed by atoms with van der Waals surface area (Å²) in [5.41, 5.74) is 2.33. The number of phenols is 1. The molecule has 1 heterocycles. The van der Waals surface area contributed by atoms with E-state index in [0.717, 1.165) is 11.1 Å². The molecule has 1 N–H and O–H groups in total. The Balaban J connectivity index is 1.84. The Hall–Kier alpha value is -2.69. The Labute approximate surface area is 120 Å². The molecule has 0 saturated carbocycles. The smallest absolute Gasteiger partial charge is 0.261 e. The van der Waals surface area contributed by atoms with Crippen LogP contribution in [-0.4, -0.2) is 15.2 Å². The molecule has 3 rings (SSSR count). The van der Waals surface area contributed by atoms with Gasteiger partial charge in [-0.2, -0.15) is 4.98 Å². The molecule has 0 amide bonds. The number of aryl methyl sites for hydroxylation is 1. The van der Waals surface area contributed by atoms with Crippen molar-refractivity contribution < 1.29 is 14.0 Å². The van der Waals surface area contributed by atoms with E-state index in [0.29, 0.717) is 17.8 Å². The Morgan fingerprint density at radius 2 is 1.90 bits per heavy atom. The molecule has 0 aliphatic carbocycles. The zero-order valence-electron chi connectivity index (χ0n) is 11.4. The number of rotatable bonds is 3. The summed E-state index contributed by atoms with van der Waals surface area (Å²) in [6.07, 6.45) is 0.441. The third-order valence-corrected chi connectivity index (χ3v) is 3.13. The van der Waals surface area contributed by atoms with E-state index in [1.807, 2.05) is 13.0 Å². The van der Waals surface area contributed by atoms with Gasteiger partial charge in [0.15, 0.2) is 5.82 Å². The number of nitrogens with zero attached hydrogens (tertiary/aromatic N) is 2. The van der Waals surface area contributed by atoms with Gasteiger partial charge < -0.3 is 9.63 Å². The zero-order valence-corrected chi connectivity index (χ0v) is 11.4. The molecule has 2 aromatic carbocycles. The second-order valence-corrected chi connectivity index (χ2v) is 4.84. The molecule has 0 spiro atoms. The van der Waals surface area contributed by atoms with Gasteiger partial charge in [-0.1, -0.05) is 23.4 Å². The van der Waals surface area contributed by atoms with Crippen LogP contribution in [0.2, 0.25) is 0 Å². The molecule has 0 aliphatic heterocycles. The van der Waals surface area contributed by atoms with E-state index in [-0.39, 0.29) is 17.5 Å². The maximum atomic E-state index is 12.9. The van der Waals surface area contributed by atoms with Crippen molar-refractivity contribution in [2.24, 2.45) is 0 Å². The molecule has 3 aromatic rings. The molecule has 0 atom stereocenters. The Kier molecular flexibility index (Phi) is 3.39. The summed E-state index contributed by atoms with van der Waals surface area (Å²) in [5, 5.41) is 13.8. The number of aromatic hydroxyl groups is 1. The SMILES string of the molecule is Cc1ccc(-c2nc(Cc3ccc(F)cc3)no2)c(O)c1. The molecule has 0 bridgehead atoms. The first-order valence-corrected chi connectivity index (χ1v) is 6.49. The molecule has 106 valence electrons. The number of hydrogen-bond acceptors (Lipinski definition) is 4. The maximum absolute atomic E-state index is 12.9. The molecule has 5 heteroatoms. The van der Waals surface area contributed by atoms with Crippen molar-refractivity contribution in [3.05, 3.63) is 65.2 Å². The highest BCUT2D eigenvalue weighted by Gasteiger charge is 2.13. The number of halogens is 1. The van der Waals surface area contributed by atoms with E-state index in [2.05, 4.69) is 10.1 Å². The van der Waals surface area contributed by atoms with E-state index in [9.17, 15) is 9.50 Å². The summed E-state index contributed by atoms with van der Waals surface area (Å²) in [6.45, 7) is 1.89. The zero-order chi connectivity index (χ0) is 14.8. The predicted octanol–water partition coefficient (Wildman–Crippen LogP) is 3.48. The molecular weight excluding hydrogens is 271 g/mol. The second kappa shape index (κ2) is 5.36. The summed E-state index contributed by atoms with van der Waals surface area (Å²) < 4.78 is 18.0. The van der Waals surface area contributed by atoms with Crippen molar-refractivity contribution in [2.75, 3.05) is 0 Å². The van der Waals surface area contributed by atoms with Crippen LogP contribution in [0.4, 0.5) is 4.39 Å². The number of phenolic OH excluding ortho intramolecular Hbond substituents is 1. The van der Waals surface area contributed by atoms with E-state index in [4.69, 9.17) is 4.52 Å². The topological polar surface area (TPSA) is 59.2 Å². The molecule has 4 nitrogen and oxygen atoms in total. The average molecular weight is 284 g/mol. The van der Waals surface area contributed by atoms with E-state index >= 15 is 0 Å².